The van der Waals surface area contributed by atoms with Crippen LogP contribution in [0.5, 0.6) is 5.75 Å². The molecular weight excluding hydrogens is 322 g/mol. The number of ether oxygens (including phenoxy) is 1. The van der Waals surface area contributed by atoms with Crippen molar-refractivity contribution < 1.29 is 13.2 Å². The molecule has 2 rings (SSSR count). The van der Waals surface area contributed by atoms with Gasteiger partial charge in [0, 0.05) is 12.0 Å². The van der Waals surface area contributed by atoms with Crippen LogP contribution in [0.25, 0.3) is 0 Å². The molecule has 4 nitrogen and oxygen atoms in total. The molecule has 24 heavy (non-hydrogen) atoms. The number of nitrogens with one attached hydrogen (secondary N) is 1. The number of hydrogen-bond donors (Lipinski definition) is 1. The maximum absolute atomic E-state index is 11.9. The number of rotatable bonds is 6. The standard InChI is InChI=1S/C19H31NO3S/c1-5-24(21,22)20-18-9-7-6-8-15(18)14-23-17-12-10-16(11-13-17)19(2,3)4/h10-13,15,18,20H,5-9,14H2,1-4H3/t15-,18+/m0/s1. The summed E-state index contributed by atoms with van der Waals surface area (Å²) in [6.45, 7) is 8.80. The van der Waals surface area contributed by atoms with E-state index in [0.29, 0.717) is 6.61 Å². The van der Waals surface area contributed by atoms with Gasteiger partial charge in [-0.3, -0.25) is 0 Å². The van der Waals surface area contributed by atoms with Gasteiger partial charge in [-0.1, -0.05) is 45.7 Å². The maximum Gasteiger partial charge on any atom is 0.211 e. The van der Waals surface area contributed by atoms with Gasteiger partial charge in [0.1, 0.15) is 5.75 Å². The van der Waals surface area contributed by atoms with E-state index < -0.39 is 10.0 Å². The molecule has 2 atom stereocenters. The Hall–Kier alpha value is -1.07. The van der Waals surface area contributed by atoms with Gasteiger partial charge in [0.2, 0.25) is 10.0 Å². The zero-order chi connectivity index (χ0) is 17.8. The Morgan fingerprint density at radius 1 is 1.12 bits per heavy atom. The summed E-state index contributed by atoms with van der Waals surface area (Å²) in [5, 5.41) is 0. The molecule has 1 fully saturated rings. The van der Waals surface area contributed by atoms with Gasteiger partial charge in [0.05, 0.1) is 12.4 Å². The molecule has 0 bridgehead atoms. The highest BCUT2D eigenvalue weighted by Crippen LogP contribution is 2.27. The van der Waals surface area contributed by atoms with E-state index >= 15 is 0 Å². The van der Waals surface area contributed by atoms with Crippen molar-refractivity contribution in [3.8, 4) is 5.75 Å². The Kier molecular flexibility index (Phi) is 6.32. The predicted octanol–water partition coefficient (Wildman–Crippen LogP) is 3.86. The van der Waals surface area contributed by atoms with Crippen LogP contribution in [-0.4, -0.2) is 26.8 Å². The fraction of sp³-hybridized carbons (Fsp3) is 0.684. The highest BCUT2D eigenvalue weighted by atomic mass is 32.2. The van der Waals surface area contributed by atoms with Crippen molar-refractivity contribution in [1.29, 1.82) is 0 Å². The van der Waals surface area contributed by atoms with E-state index in [1.807, 2.05) is 12.1 Å². The fourth-order valence-electron chi connectivity index (χ4n) is 3.13. The molecule has 0 amide bonds. The van der Waals surface area contributed by atoms with E-state index in [9.17, 15) is 8.42 Å². The minimum Gasteiger partial charge on any atom is -0.493 e. The summed E-state index contributed by atoms with van der Waals surface area (Å²) in [5.74, 6) is 1.22. The van der Waals surface area contributed by atoms with Gasteiger partial charge in [-0.2, -0.15) is 0 Å². The van der Waals surface area contributed by atoms with Crippen LogP contribution in [0.4, 0.5) is 0 Å². The molecule has 0 heterocycles. The van der Waals surface area contributed by atoms with Crippen LogP contribution in [0.3, 0.4) is 0 Å². The lowest BCUT2D eigenvalue weighted by Crippen LogP contribution is -2.44. The van der Waals surface area contributed by atoms with Gasteiger partial charge in [-0.05, 0) is 42.9 Å². The molecule has 0 saturated heterocycles. The second-order valence-corrected chi connectivity index (χ2v) is 9.80. The molecule has 0 unspecified atom stereocenters. The molecule has 1 aromatic carbocycles. The van der Waals surface area contributed by atoms with Crippen molar-refractivity contribution in [1.82, 2.24) is 4.72 Å². The van der Waals surface area contributed by atoms with Crippen LogP contribution in [0.1, 0.15) is 58.9 Å². The lowest BCUT2D eigenvalue weighted by Gasteiger charge is -2.31. The minimum atomic E-state index is -3.16. The Bertz CT molecular complexity index is 617. The summed E-state index contributed by atoms with van der Waals surface area (Å²) < 4.78 is 32.5. The van der Waals surface area contributed by atoms with Crippen LogP contribution in [0.15, 0.2) is 24.3 Å². The van der Waals surface area contributed by atoms with E-state index in [-0.39, 0.29) is 23.1 Å². The Balaban J connectivity index is 1.96. The Labute approximate surface area is 147 Å². The first-order chi connectivity index (χ1) is 11.2. The van der Waals surface area contributed by atoms with Crippen molar-refractivity contribution in [3.05, 3.63) is 29.8 Å². The minimum absolute atomic E-state index is 0.00227. The highest BCUT2D eigenvalue weighted by molar-refractivity contribution is 7.89. The third kappa shape index (κ3) is 5.49. The van der Waals surface area contributed by atoms with Gasteiger partial charge >= 0.3 is 0 Å². The van der Waals surface area contributed by atoms with Gasteiger partial charge in [-0.25, -0.2) is 13.1 Å². The highest BCUT2D eigenvalue weighted by Gasteiger charge is 2.28. The summed E-state index contributed by atoms with van der Waals surface area (Å²) >= 11 is 0. The van der Waals surface area contributed by atoms with Gasteiger partial charge in [-0.15, -0.1) is 0 Å². The lowest BCUT2D eigenvalue weighted by molar-refractivity contribution is 0.180. The van der Waals surface area contributed by atoms with Crippen molar-refractivity contribution >= 4 is 10.0 Å². The zero-order valence-electron chi connectivity index (χ0n) is 15.3. The van der Waals surface area contributed by atoms with Crippen LogP contribution in [-0.2, 0) is 15.4 Å². The number of sulfonamides is 1. The van der Waals surface area contributed by atoms with Crippen molar-refractivity contribution in [2.75, 3.05) is 12.4 Å². The van der Waals surface area contributed by atoms with E-state index in [0.717, 1.165) is 31.4 Å². The quantitative estimate of drug-likeness (QED) is 0.845. The van der Waals surface area contributed by atoms with Gasteiger partial charge < -0.3 is 4.74 Å². The first-order valence-corrected chi connectivity index (χ1v) is 10.6. The van der Waals surface area contributed by atoms with E-state index in [4.69, 9.17) is 4.74 Å². The molecule has 1 aliphatic carbocycles. The number of benzene rings is 1. The summed E-state index contributed by atoms with van der Waals surface area (Å²) in [6.07, 6.45) is 4.13. The van der Waals surface area contributed by atoms with E-state index in [1.54, 1.807) is 6.92 Å². The van der Waals surface area contributed by atoms with Gasteiger partial charge in [0.15, 0.2) is 0 Å². The summed E-state index contributed by atoms with van der Waals surface area (Å²) in [5.41, 5.74) is 1.41. The molecule has 1 aliphatic rings. The molecule has 0 aromatic heterocycles. The predicted molar refractivity (Wildman–Crippen MR) is 99.0 cm³/mol. The largest absolute Gasteiger partial charge is 0.493 e. The molecular formula is C19H31NO3S. The zero-order valence-corrected chi connectivity index (χ0v) is 16.2. The van der Waals surface area contributed by atoms with Crippen LogP contribution in [0.2, 0.25) is 0 Å². The van der Waals surface area contributed by atoms with Crippen LogP contribution >= 0.6 is 0 Å². The van der Waals surface area contributed by atoms with Crippen LogP contribution in [0, 0.1) is 5.92 Å². The molecule has 0 spiro atoms. The summed E-state index contributed by atoms with van der Waals surface area (Å²) in [6, 6.07) is 8.22. The average Bonchev–Trinajstić information content (AvgIpc) is 2.53. The normalized spacial score (nSPS) is 22.3. The fourth-order valence-corrected chi connectivity index (χ4v) is 4.07. The lowest BCUT2D eigenvalue weighted by atomic mass is 9.85. The summed E-state index contributed by atoms with van der Waals surface area (Å²) in [4.78, 5) is 0. The van der Waals surface area contributed by atoms with Gasteiger partial charge in [0.25, 0.3) is 0 Å². The molecule has 0 aliphatic heterocycles. The smallest absolute Gasteiger partial charge is 0.211 e. The molecule has 136 valence electrons. The van der Waals surface area contributed by atoms with E-state index in [2.05, 4.69) is 37.6 Å². The topological polar surface area (TPSA) is 55.4 Å². The SMILES string of the molecule is CCS(=O)(=O)N[C@@H]1CCCC[C@H]1COc1ccc(C(C)(C)C)cc1. The Morgan fingerprint density at radius 3 is 2.33 bits per heavy atom. The van der Waals surface area contributed by atoms with Crippen LogP contribution < -0.4 is 9.46 Å². The third-order valence-electron chi connectivity index (χ3n) is 4.80. The Morgan fingerprint density at radius 2 is 1.75 bits per heavy atom. The molecule has 1 saturated carbocycles. The third-order valence-corrected chi connectivity index (χ3v) is 6.23. The summed E-state index contributed by atoms with van der Waals surface area (Å²) in [7, 11) is -3.16. The molecule has 5 heteroatoms. The van der Waals surface area contributed by atoms with Crippen molar-refractivity contribution in [2.24, 2.45) is 5.92 Å². The monoisotopic (exact) mass is 353 g/mol. The maximum atomic E-state index is 11.9. The average molecular weight is 354 g/mol. The molecule has 1 N–H and O–H groups in total. The van der Waals surface area contributed by atoms with E-state index in [1.165, 1.54) is 5.56 Å². The first-order valence-electron chi connectivity index (χ1n) is 8.94. The molecule has 1 aromatic rings. The number of hydrogen-bond acceptors (Lipinski definition) is 3. The molecule has 0 radical (unpaired) electrons. The second kappa shape index (κ2) is 7.87. The van der Waals surface area contributed by atoms with Crippen molar-refractivity contribution in [2.45, 2.75) is 64.8 Å². The second-order valence-electron chi connectivity index (χ2n) is 7.76. The van der Waals surface area contributed by atoms with Crippen molar-refractivity contribution in [3.63, 3.8) is 0 Å². The first kappa shape index (κ1) is 19.3.